The van der Waals surface area contributed by atoms with E-state index < -0.39 is 0 Å². The predicted molar refractivity (Wildman–Crippen MR) is 137 cm³/mol. The molecule has 0 saturated carbocycles. The fraction of sp³-hybridized carbons (Fsp3) is 0.0385. The molecule has 8 heteroatoms. The molecule has 6 nitrogen and oxygen atoms in total. The zero-order valence-corrected chi connectivity index (χ0v) is 19.3. The second-order valence-electron chi connectivity index (χ2n) is 7.65. The summed E-state index contributed by atoms with van der Waals surface area (Å²) >= 11 is 12.0. The standard InChI is InChI=1S/C26H19Cl2N5O/c27-20-11-6-17(7-12-20)8-15-24(34)30-25-31-26-29-22(18-4-2-1-3-5-18)16-23(33(26)32-25)19-9-13-21(28)14-10-19/h1-16,23H,(H2,29,30,31,32,34)/b15-8+/t23-/m1/s1. The maximum atomic E-state index is 12.5. The first-order valence-electron chi connectivity index (χ1n) is 10.6. The van der Waals surface area contributed by atoms with Crippen LogP contribution in [0.15, 0.2) is 91.0 Å². The summed E-state index contributed by atoms with van der Waals surface area (Å²) in [5.74, 6) is 0.394. The average molecular weight is 488 g/mol. The molecule has 0 saturated heterocycles. The third kappa shape index (κ3) is 4.88. The van der Waals surface area contributed by atoms with Crippen LogP contribution < -0.4 is 10.6 Å². The number of halogens is 2. The van der Waals surface area contributed by atoms with Crippen molar-refractivity contribution in [1.29, 1.82) is 0 Å². The minimum absolute atomic E-state index is 0.204. The Hall–Kier alpha value is -3.87. The normalized spacial score (nSPS) is 14.9. The number of nitrogens with zero attached hydrogens (tertiary/aromatic N) is 3. The fourth-order valence-corrected chi connectivity index (χ4v) is 3.88. The number of benzene rings is 3. The summed E-state index contributed by atoms with van der Waals surface area (Å²) in [6.07, 6.45) is 5.21. The number of carbonyl (C=O) groups is 1. The first-order valence-corrected chi connectivity index (χ1v) is 11.3. The van der Waals surface area contributed by atoms with Crippen LogP contribution in [0.1, 0.15) is 22.7 Å². The van der Waals surface area contributed by atoms with Crippen LogP contribution in [0, 0.1) is 0 Å². The number of fused-ring (bicyclic) bond motifs is 1. The Morgan fingerprint density at radius 3 is 2.32 bits per heavy atom. The highest BCUT2D eigenvalue weighted by atomic mass is 35.5. The average Bonchev–Trinajstić information content (AvgIpc) is 3.26. The Labute approximate surface area is 206 Å². The maximum Gasteiger partial charge on any atom is 0.250 e. The zero-order valence-electron chi connectivity index (χ0n) is 17.8. The van der Waals surface area contributed by atoms with E-state index in [-0.39, 0.29) is 17.9 Å². The van der Waals surface area contributed by atoms with Gasteiger partial charge in [-0.3, -0.25) is 10.1 Å². The summed E-state index contributed by atoms with van der Waals surface area (Å²) in [4.78, 5) is 17.0. The molecular formula is C26H19Cl2N5O. The number of nitrogens with one attached hydrogen (secondary N) is 2. The molecule has 34 heavy (non-hydrogen) atoms. The van der Waals surface area contributed by atoms with Gasteiger partial charge in [-0.25, -0.2) is 4.68 Å². The third-order valence-electron chi connectivity index (χ3n) is 5.29. The van der Waals surface area contributed by atoms with Crippen molar-refractivity contribution >= 4 is 52.8 Å². The van der Waals surface area contributed by atoms with Crippen LogP contribution >= 0.6 is 23.2 Å². The highest BCUT2D eigenvalue weighted by molar-refractivity contribution is 6.30. The van der Waals surface area contributed by atoms with Gasteiger partial charge < -0.3 is 5.32 Å². The van der Waals surface area contributed by atoms with E-state index >= 15 is 0 Å². The van der Waals surface area contributed by atoms with Gasteiger partial charge in [-0.15, -0.1) is 5.10 Å². The van der Waals surface area contributed by atoms with Crippen LogP contribution in [0.4, 0.5) is 11.9 Å². The number of hydrogen-bond donors (Lipinski definition) is 2. The summed E-state index contributed by atoms with van der Waals surface area (Å²) in [5, 5.41) is 11.9. The van der Waals surface area contributed by atoms with Crippen molar-refractivity contribution in [3.05, 3.63) is 118 Å². The Kier molecular flexibility index (Phi) is 6.16. The van der Waals surface area contributed by atoms with Crippen LogP contribution in [-0.2, 0) is 4.79 Å². The van der Waals surface area contributed by atoms with Crippen LogP contribution in [0.5, 0.6) is 0 Å². The van der Waals surface area contributed by atoms with Crippen molar-refractivity contribution in [2.24, 2.45) is 0 Å². The van der Waals surface area contributed by atoms with Gasteiger partial charge in [0.15, 0.2) is 0 Å². The SMILES string of the molecule is O=C(/C=C/c1ccc(Cl)cc1)Nc1nc2n(n1)[C@@H](c1ccc(Cl)cc1)C=C(c1ccccc1)N2. The van der Waals surface area contributed by atoms with Crippen molar-refractivity contribution < 1.29 is 4.79 Å². The second kappa shape index (κ2) is 9.55. The van der Waals surface area contributed by atoms with Crippen LogP contribution in [0.2, 0.25) is 10.0 Å². The number of hydrogen-bond acceptors (Lipinski definition) is 4. The maximum absolute atomic E-state index is 12.5. The molecule has 2 heterocycles. The summed E-state index contributed by atoms with van der Waals surface area (Å²) in [7, 11) is 0. The van der Waals surface area contributed by atoms with Crippen LogP contribution in [0.3, 0.4) is 0 Å². The van der Waals surface area contributed by atoms with Crippen molar-refractivity contribution in [2.75, 3.05) is 10.6 Å². The first kappa shape index (κ1) is 21.9. The smallest absolute Gasteiger partial charge is 0.250 e. The Morgan fingerprint density at radius 1 is 0.941 bits per heavy atom. The second-order valence-corrected chi connectivity index (χ2v) is 8.52. The van der Waals surface area contributed by atoms with Gasteiger partial charge in [-0.1, -0.05) is 77.8 Å². The molecule has 0 spiro atoms. The van der Waals surface area contributed by atoms with E-state index in [0.717, 1.165) is 22.4 Å². The van der Waals surface area contributed by atoms with E-state index in [4.69, 9.17) is 23.2 Å². The zero-order chi connectivity index (χ0) is 23.5. The van der Waals surface area contributed by atoms with E-state index in [1.54, 1.807) is 22.9 Å². The van der Waals surface area contributed by atoms with E-state index in [2.05, 4.69) is 26.8 Å². The molecule has 1 aliphatic heterocycles. The Bertz CT molecular complexity index is 1380. The molecule has 0 fully saturated rings. The monoisotopic (exact) mass is 487 g/mol. The Balaban J connectivity index is 1.42. The van der Waals surface area contributed by atoms with Crippen molar-refractivity contribution in [1.82, 2.24) is 14.8 Å². The lowest BCUT2D eigenvalue weighted by Crippen LogP contribution is -2.20. The molecule has 0 radical (unpaired) electrons. The van der Waals surface area contributed by atoms with Crippen molar-refractivity contribution in [2.45, 2.75) is 6.04 Å². The number of carbonyl (C=O) groups excluding carboxylic acids is 1. The van der Waals surface area contributed by atoms with E-state index in [1.165, 1.54) is 6.08 Å². The lowest BCUT2D eigenvalue weighted by Gasteiger charge is -2.24. The van der Waals surface area contributed by atoms with E-state index in [0.29, 0.717) is 16.0 Å². The summed E-state index contributed by atoms with van der Waals surface area (Å²) in [6.45, 7) is 0. The van der Waals surface area contributed by atoms with Crippen molar-refractivity contribution in [3.8, 4) is 0 Å². The topological polar surface area (TPSA) is 71.8 Å². The van der Waals surface area contributed by atoms with Gasteiger partial charge >= 0.3 is 0 Å². The summed E-state index contributed by atoms with van der Waals surface area (Å²) in [6, 6.07) is 24.5. The van der Waals surface area contributed by atoms with Gasteiger partial charge in [0.25, 0.3) is 11.9 Å². The summed E-state index contributed by atoms with van der Waals surface area (Å²) < 4.78 is 1.74. The number of rotatable bonds is 5. The van der Waals surface area contributed by atoms with Gasteiger partial charge in [-0.05, 0) is 53.1 Å². The lowest BCUT2D eigenvalue weighted by molar-refractivity contribution is -0.111. The van der Waals surface area contributed by atoms with Gasteiger partial charge in [0.1, 0.15) is 6.04 Å². The summed E-state index contributed by atoms with van der Waals surface area (Å²) in [5.41, 5.74) is 3.77. The lowest BCUT2D eigenvalue weighted by atomic mass is 10.0. The quantitative estimate of drug-likeness (QED) is 0.324. The molecule has 4 aromatic rings. The molecule has 168 valence electrons. The molecule has 2 N–H and O–H groups in total. The molecule has 0 unspecified atom stereocenters. The number of amides is 1. The fourth-order valence-electron chi connectivity index (χ4n) is 3.63. The number of aromatic nitrogens is 3. The molecule has 0 bridgehead atoms. The molecule has 1 amide bonds. The minimum atomic E-state index is -0.336. The van der Waals surface area contributed by atoms with Gasteiger partial charge in [0, 0.05) is 21.8 Å². The van der Waals surface area contributed by atoms with E-state index in [9.17, 15) is 4.79 Å². The van der Waals surface area contributed by atoms with Gasteiger partial charge in [0.2, 0.25) is 5.95 Å². The molecule has 1 aromatic heterocycles. The molecule has 1 aliphatic rings. The predicted octanol–water partition coefficient (Wildman–Crippen LogP) is 6.29. The molecular weight excluding hydrogens is 469 g/mol. The van der Waals surface area contributed by atoms with Crippen LogP contribution in [0.25, 0.3) is 11.8 Å². The first-order chi connectivity index (χ1) is 16.5. The molecule has 1 atom stereocenters. The van der Waals surface area contributed by atoms with Gasteiger partial charge in [0.05, 0.1) is 0 Å². The van der Waals surface area contributed by atoms with E-state index in [1.807, 2.05) is 66.7 Å². The highest BCUT2D eigenvalue weighted by Crippen LogP contribution is 2.33. The largest absolute Gasteiger partial charge is 0.324 e. The molecule has 0 aliphatic carbocycles. The third-order valence-corrected chi connectivity index (χ3v) is 5.80. The number of allylic oxidation sites excluding steroid dienone is 1. The van der Waals surface area contributed by atoms with Gasteiger partial charge in [-0.2, -0.15) is 4.98 Å². The molecule has 5 rings (SSSR count). The Morgan fingerprint density at radius 2 is 1.62 bits per heavy atom. The minimum Gasteiger partial charge on any atom is -0.324 e. The molecule has 3 aromatic carbocycles. The van der Waals surface area contributed by atoms with Crippen molar-refractivity contribution in [3.63, 3.8) is 0 Å². The number of anilines is 2. The van der Waals surface area contributed by atoms with Crippen LogP contribution in [-0.4, -0.2) is 20.7 Å². The highest BCUT2D eigenvalue weighted by Gasteiger charge is 2.25.